The Morgan fingerprint density at radius 1 is 1.80 bits per heavy atom. The van der Waals surface area contributed by atoms with Crippen molar-refractivity contribution in [3.05, 3.63) is 9.78 Å². The summed E-state index contributed by atoms with van der Waals surface area (Å²) in [6.45, 7) is 0. The van der Waals surface area contributed by atoms with Crippen molar-refractivity contribution in [1.82, 2.24) is 5.32 Å². The number of halogens is 1. The van der Waals surface area contributed by atoms with E-state index in [1.807, 2.05) is 0 Å². The molecule has 3 nitrogen and oxygen atoms in total. The summed E-state index contributed by atoms with van der Waals surface area (Å²) in [4.78, 5) is 4.21. The van der Waals surface area contributed by atoms with E-state index in [0.29, 0.717) is 12.0 Å². The molecule has 0 saturated carbocycles. The third-order valence-corrected chi connectivity index (χ3v) is 3.56. The van der Waals surface area contributed by atoms with Gasteiger partial charge in [0.05, 0.1) is 6.04 Å². The maximum Gasteiger partial charge on any atom is 0.193 e. The standard InChI is InChI=1S/C6H8IN3/c8-6-9-4-1-2-7-3-5(4)10-6/h2-4H,1H2,(H3,8,9,10). The van der Waals surface area contributed by atoms with Crippen molar-refractivity contribution in [3.8, 4) is 0 Å². The van der Waals surface area contributed by atoms with Gasteiger partial charge in [0.1, 0.15) is 0 Å². The Labute approximate surface area is 69.1 Å². The van der Waals surface area contributed by atoms with Crippen molar-refractivity contribution in [2.45, 2.75) is 12.5 Å². The zero-order valence-electron chi connectivity index (χ0n) is 5.34. The van der Waals surface area contributed by atoms with Crippen LogP contribution in [0.15, 0.2) is 14.8 Å². The van der Waals surface area contributed by atoms with Crippen LogP contribution in [-0.2, 0) is 0 Å². The fraction of sp³-hybridized carbons (Fsp3) is 0.333. The van der Waals surface area contributed by atoms with Gasteiger partial charge in [0, 0.05) is 5.70 Å². The van der Waals surface area contributed by atoms with Crippen molar-refractivity contribution in [3.63, 3.8) is 0 Å². The zero-order valence-corrected chi connectivity index (χ0v) is 7.50. The Morgan fingerprint density at radius 3 is 3.50 bits per heavy atom. The van der Waals surface area contributed by atoms with Crippen molar-refractivity contribution < 1.29 is 0 Å². The molecule has 0 aromatic rings. The Balaban J connectivity index is 2.28. The Morgan fingerprint density at radius 2 is 2.70 bits per heavy atom. The van der Waals surface area contributed by atoms with Gasteiger partial charge in [0.25, 0.3) is 0 Å². The van der Waals surface area contributed by atoms with Crippen LogP contribution >= 0.6 is 20.7 Å². The first-order valence-corrected chi connectivity index (χ1v) is 5.59. The van der Waals surface area contributed by atoms with Crippen LogP contribution in [-0.4, -0.2) is 16.0 Å². The molecule has 3 N–H and O–H groups in total. The number of aliphatic imine (C=N–C) groups is 1. The third-order valence-electron chi connectivity index (χ3n) is 1.51. The van der Waals surface area contributed by atoms with E-state index in [4.69, 9.17) is 5.73 Å². The summed E-state index contributed by atoms with van der Waals surface area (Å²) in [5.74, 6) is 0.579. The van der Waals surface area contributed by atoms with Gasteiger partial charge in [-0.3, -0.25) is 0 Å². The van der Waals surface area contributed by atoms with Gasteiger partial charge < -0.3 is 11.1 Å². The predicted molar refractivity (Wildman–Crippen MR) is 51.3 cm³/mol. The lowest BCUT2D eigenvalue weighted by Crippen LogP contribution is -2.26. The molecule has 2 heterocycles. The van der Waals surface area contributed by atoms with Crippen LogP contribution in [0.3, 0.4) is 0 Å². The fourth-order valence-corrected chi connectivity index (χ4v) is 3.02. The molecule has 2 aliphatic heterocycles. The zero-order chi connectivity index (χ0) is 6.97. The minimum Gasteiger partial charge on any atom is -0.370 e. The highest BCUT2D eigenvalue weighted by atomic mass is 127. The van der Waals surface area contributed by atoms with Crippen LogP contribution in [0.1, 0.15) is 6.42 Å². The van der Waals surface area contributed by atoms with Crippen molar-refractivity contribution in [2.24, 2.45) is 10.7 Å². The molecule has 4 heteroatoms. The number of hydrogen-bond acceptors (Lipinski definition) is 3. The lowest BCUT2D eigenvalue weighted by molar-refractivity contribution is 0.831. The third kappa shape index (κ3) is 0.960. The van der Waals surface area contributed by atoms with Crippen LogP contribution < -0.4 is 11.1 Å². The largest absolute Gasteiger partial charge is 0.370 e. The van der Waals surface area contributed by atoms with Gasteiger partial charge in [-0.25, -0.2) is 4.99 Å². The summed E-state index contributed by atoms with van der Waals surface area (Å²) < 4.78 is 4.58. The molecule has 10 heavy (non-hydrogen) atoms. The molecule has 0 bridgehead atoms. The molecule has 2 aliphatic rings. The SMILES string of the molecule is NC1=NC2CC=IC=C2N1. The van der Waals surface area contributed by atoms with Crippen molar-refractivity contribution >= 4 is 30.7 Å². The summed E-state index contributed by atoms with van der Waals surface area (Å²) in [5, 5.41) is 3.05. The predicted octanol–water partition coefficient (Wildman–Crippen LogP) is 0.291. The van der Waals surface area contributed by atoms with E-state index in [-0.39, 0.29) is 20.7 Å². The first-order valence-electron chi connectivity index (χ1n) is 3.10. The molecular formula is C6H8IN3. The van der Waals surface area contributed by atoms with Crippen molar-refractivity contribution in [1.29, 1.82) is 0 Å². The number of rotatable bonds is 0. The van der Waals surface area contributed by atoms with E-state index in [1.54, 1.807) is 0 Å². The molecule has 1 unspecified atom stereocenters. The molecule has 0 radical (unpaired) electrons. The van der Waals surface area contributed by atoms with Gasteiger partial charge in [-0.2, -0.15) is 0 Å². The average molecular weight is 249 g/mol. The lowest BCUT2D eigenvalue weighted by Gasteiger charge is -2.08. The first-order chi connectivity index (χ1) is 4.86. The molecule has 2 rings (SSSR count). The first kappa shape index (κ1) is 6.33. The fourth-order valence-electron chi connectivity index (χ4n) is 1.03. The van der Waals surface area contributed by atoms with E-state index >= 15 is 0 Å². The Kier molecular flexibility index (Phi) is 1.48. The van der Waals surface area contributed by atoms with Crippen LogP contribution in [0.5, 0.6) is 0 Å². The highest BCUT2D eigenvalue weighted by Gasteiger charge is 2.20. The number of fused-ring (bicyclic) bond motifs is 1. The molecular weight excluding hydrogens is 241 g/mol. The summed E-state index contributed by atoms with van der Waals surface area (Å²) in [5.41, 5.74) is 6.72. The Hall–Kier alpha value is -0.390. The van der Waals surface area contributed by atoms with Gasteiger partial charge in [0.2, 0.25) is 0 Å². The average Bonchev–Trinajstić information content (AvgIpc) is 2.27. The second-order valence-corrected chi connectivity index (χ2v) is 4.46. The van der Waals surface area contributed by atoms with Crippen molar-refractivity contribution in [2.75, 3.05) is 0 Å². The molecule has 1 atom stereocenters. The van der Waals surface area contributed by atoms with Gasteiger partial charge in [-0.15, -0.1) is 0 Å². The topological polar surface area (TPSA) is 50.4 Å². The molecule has 0 amide bonds. The van der Waals surface area contributed by atoms with Crippen LogP contribution in [0, 0.1) is 0 Å². The number of guanidine groups is 1. The smallest absolute Gasteiger partial charge is 0.193 e. The van der Waals surface area contributed by atoms with E-state index in [9.17, 15) is 0 Å². The molecule has 0 aromatic carbocycles. The summed E-state index contributed by atoms with van der Waals surface area (Å²) in [6.07, 6.45) is 1.08. The maximum absolute atomic E-state index is 5.49. The van der Waals surface area contributed by atoms with E-state index in [1.165, 1.54) is 5.70 Å². The molecule has 0 aliphatic carbocycles. The van der Waals surface area contributed by atoms with Crippen LogP contribution in [0.25, 0.3) is 0 Å². The second-order valence-electron chi connectivity index (χ2n) is 2.24. The lowest BCUT2D eigenvalue weighted by atomic mass is 10.2. The number of nitrogens with one attached hydrogen (secondary N) is 1. The minimum atomic E-state index is 0.183. The van der Waals surface area contributed by atoms with Gasteiger partial charge in [0.15, 0.2) is 5.96 Å². The maximum atomic E-state index is 5.49. The van der Waals surface area contributed by atoms with Gasteiger partial charge in [-0.05, 0) is 14.5 Å². The van der Waals surface area contributed by atoms with E-state index in [2.05, 4.69) is 18.4 Å². The summed E-state index contributed by atoms with van der Waals surface area (Å²) in [6, 6.07) is 0.327. The number of nitrogens with zero attached hydrogens (tertiary/aromatic N) is 1. The Bertz CT molecular complexity index is 241. The molecule has 54 valence electrons. The molecule has 0 saturated heterocycles. The van der Waals surface area contributed by atoms with E-state index < -0.39 is 0 Å². The molecule has 0 aromatic heterocycles. The van der Waals surface area contributed by atoms with E-state index in [0.717, 1.165) is 6.42 Å². The van der Waals surface area contributed by atoms with Crippen LogP contribution in [0.2, 0.25) is 0 Å². The minimum absolute atomic E-state index is 0.183. The normalized spacial score (nSPS) is 29.4. The number of hydrogen-bond donors (Lipinski definition) is 2. The highest BCUT2D eigenvalue weighted by molar-refractivity contribution is 14.2. The summed E-state index contributed by atoms with van der Waals surface area (Å²) >= 11 is 0.183. The quantitative estimate of drug-likeness (QED) is 0.606. The second kappa shape index (κ2) is 2.34. The van der Waals surface area contributed by atoms with Gasteiger partial charge >= 0.3 is 0 Å². The highest BCUT2D eigenvalue weighted by Crippen LogP contribution is 2.21. The molecule has 0 spiro atoms. The summed E-state index contributed by atoms with van der Waals surface area (Å²) in [7, 11) is 0. The monoisotopic (exact) mass is 249 g/mol. The van der Waals surface area contributed by atoms with Crippen LogP contribution in [0.4, 0.5) is 0 Å². The van der Waals surface area contributed by atoms with Gasteiger partial charge in [-0.1, -0.05) is 20.7 Å². The number of nitrogens with two attached hydrogens (primary N) is 1. The molecule has 0 fully saturated rings.